The largest absolute Gasteiger partial charge is 2.00 e. The number of guanidine groups is 1. The summed E-state index contributed by atoms with van der Waals surface area (Å²) in [6.07, 6.45) is 0.975. The van der Waals surface area contributed by atoms with E-state index in [1.54, 1.807) is 0 Å². The predicted molar refractivity (Wildman–Crippen MR) is 60.3 cm³/mol. The van der Waals surface area contributed by atoms with Gasteiger partial charge in [0.15, 0.2) is 5.96 Å². The first-order valence-electron chi connectivity index (χ1n) is 4.35. The van der Waals surface area contributed by atoms with Crippen molar-refractivity contribution in [2.45, 2.75) is 18.9 Å². The summed E-state index contributed by atoms with van der Waals surface area (Å²) in [4.78, 5) is 34.5. The van der Waals surface area contributed by atoms with Gasteiger partial charge in [-0.2, -0.15) is 0 Å². The Morgan fingerprint density at radius 2 is 1.89 bits per heavy atom. The maximum Gasteiger partial charge on any atom is 2.00 e. The van der Waals surface area contributed by atoms with Gasteiger partial charge in [-0.05, 0) is 12.8 Å². The molecule has 12 heteroatoms. The second kappa shape index (κ2) is 12.1. The molecule has 0 spiro atoms. The van der Waals surface area contributed by atoms with Gasteiger partial charge in [0.25, 0.3) is 0 Å². The van der Waals surface area contributed by atoms with E-state index in [4.69, 9.17) is 41.2 Å². The van der Waals surface area contributed by atoms with Crippen molar-refractivity contribution in [3.05, 3.63) is 0 Å². The van der Waals surface area contributed by atoms with E-state index in [0.29, 0.717) is 19.4 Å². The van der Waals surface area contributed by atoms with Crippen LogP contribution in [0.2, 0.25) is 0 Å². The summed E-state index contributed by atoms with van der Waals surface area (Å²) < 4.78 is 8.66. The maximum atomic E-state index is 10.2. The van der Waals surface area contributed by atoms with Crippen LogP contribution in [0.15, 0.2) is 0 Å². The quantitative estimate of drug-likeness (QED) is 0.0961. The van der Waals surface area contributed by atoms with Crippen LogP contribution in [0.4, 0.5) is 0 Å². The van der Waals surface area contributed by atoms with Gasteiger partial charge < -0.3 is 41.1 Å². The molecule has 0 aromatic rings. The Bertz CT molecular complexity index is 290. The number of nitrogens with two attached hydrogens (primary N) is 2. The molecule has 102 valence electrons. The number of aliphatic carboxylic acids is 1. The number of carboxylic acid groups (broad SMARTS) is 1. The van der Waals surface area contributed by atoms with Gasteiger partial charge in [0.05, 0.1) is 7.82 Å². The molecule has 0 aliphatic carbocycles. The Morgan fingerprint density at radius 1 is 1.50 bits per heavy atom. The number of hydrogen-bond donors (Lipinski definition) is 6. The molecular weight excluding hydrogens is 295 g/mol. The zero-order chi connectivity index (χ0) is 14.1. The van der Waals surface area contributed by atoms with Crippen molar-refractivity contribution in [2.75, 3.05) is 6.54 Å². The van der Waals surface area contributed by atoms with E-state index in [-0.39, 0.29) is 43.7 Å². The minimum Gasteiger partial charge on any atom is -0.790 e. The Balaban J connectivity index is -0.000000321. The minimum absolute atomic E-state index is 0. The fraction of sp³-hybridized carbons (Fsp3) is 0.667. The Morgan fingerprint density at radius 3 is 2.17 bits per heavy atom. The third kappa shape index (κ3) is 29.8. The van der Waals surface area contributed by atoms with Crippen LogP contribution >= 0.6 is 7.82 Å². The van der Waals surface area contributed by atoms with Crippen LogP contribution in [0.5, 0.6) is 0 Å². The first-order chi connectivity index (χ1) is 7.54. The molecule has 0 aliphatic rings. The van der Waals surface area contributed by atoms with Crippen LogP contribution in [0.3, 0.4) is 0 Å². The number of hydrogen-bond acceptors (Lipinski definition) is 6. The SMILES string of the molecule is N=C(N)NCCCC(N)C(=O)O.O=P([O-])([O-])O.[Ca+2]. The fourth-order valence-corrected chi connectivity index (χ4v) is 0.669. The Labute approximate surface area is 133 Å². The summed E-state index contributed by atoms with van der Waals surface area (Å²) in [7, 11) is -5.14. The molecule has 0 fully saturated rings. The minimum atomic E-state index is -5.14. The van der Waals surface area contributed by atoms with Crippen molar-refractivity contribution in [3.63, 3.8) is 0 Å². The zero-order valence-electron chi connectivity index (χ0n) is 9.54. The molecular formula is C6H15CaN4O6P. The number of carbonyl (C=O) groups is 1. The number of phosphoric acid groups is 1. The summed E-state index contributed by atoms with van der Waals surface area (Å²) in [5.74, 6) is -1.11. The van der Waals surface area contributed by atoms with Gasteiger partial charge in [-0.15, -0.1) is 0 Å². The van der Waals surface area contributed by atoms with Crippen molar-refractivity contribution < 1.29 is 29.1 Å². The van der Waals surface area contributed by atoms with Crippen molar-refractivity contribution in [2.24, 2.45) is 11.5 Å². The van der Waals surface area contributed by atoms with Gasteiger partial charge in [0.2, 0.25) is 0 Å². The smallest absolute Gasteiger partial charge is 0.790 e. The van der Waals surface area contributed by atoms with E-state index in [1.165, 1.54) is 0 Å². The molecule has 0 heterocycles. The van der Waals surface area contributed by atoms with E-state index in [9.17, 15) is 4.79 Å². The van der Waals surface area contributed by atoms with Crippen LogP contribution in [-0.2, 0) is 9.36 Å². The van der Waals surface area contributed by atoms with E-state index in [1.807, 2.05) is 0 Å². The van der Waals surface area contributed by atoms with E-state index >= 15 is 0 Å². The molecule has 0 radical (unpaired) electrons. The first-order valence-corrected chi connectivity index (χ1v) is 5.84. The van der Waals surface area contributed by atoms with Crippen molar-refractivity contribution >= 4 is 57.5 Å². The van der Waals surface area contributed by atoms with Crippen LogP contribution in [0.1, 0.15) is 12.8 Å². The standard InChI is InChI=1S/C6H14N4O2.Ca.H3O4P/c7-4(5(11)12)2-1-3-10-6(8)9;;1-5(2,3)4/h4H,1-3,7H2,(H,11,12)(H4,8,9,10);;(H3,1,2,3,4)/q;+2;/p-2. The average Bonchev–Trinajstić information content (AvgIpc) is 2.08. The van der Waals surface area contributed by atoms with Gasteiger partial charge in [-0.3, -0.25) is 10.2 Å². The number of carboxylic acids is 1. The summed E-state index contributed by atoms with van der Waals surface area (Å²) >= 11 is 0. The summed E-state index contributed by atoms with van der Waals surface area (Å²) in [6.45, 7) is 0.482. The molecule has 0 saturated carbocycles. The molecule has 1 atom stereocenters. The van der Waals surface area contributed by atoms with E-state index < -0.39 is 19.8 Å². The predicted octanol–water partition coefficient (Wildman–Crippen LogP) is -3.91. The molecule has 0 bridgehead atoms. The molecule has 18 heavy (non-hydrogen) atoms. The monoisotopic (exact) mass is 310 g/mol. The summed E-state index contributed by atoms with van der Waals surface area (Å²) in [6, 6.07) is -0.821. The van der Waals surface area contributed by atoms with Crippen LogP contribution < -0.4 is 26.6 Å². The van der Waals surface area contributed by atoms with Gasteiger partial charge in [-0.25, -0.2) is 0 Å². The number of nitrogens with one attached hydrogen (secondary N) is 2. The Kier molecular flexibility index (Phi) is 15.6. The molecule has 10 nitrogen and oxygen atoms in total. The molecule has 8 N–H and O–H groups in total. The first kappa shape index (κ1) is 23.2. The van der Waals surface area contributed by atoms with Crippen molar-refractivity contribution in [3.8, 4) is 0 Å². The molecule has 0 saturated heterocycles. The summed E-state index contributed by atoms with van der Waals surface area (Å²) in [5, 5.41) is 17.7. The van der Waals surface area contributed by atoms with Crippen LogP contribution in [0.25, 0.3) is 0 Å². The molecule has 0 aliphatic heterocycles. The van der Waals surface area contributed by atoms with Gasteiger partial charge >= 0.3 is 43.7 Å². The molecule has 0 aromatic carbocycles. The third-order valence-electron chi connectivity index (χ3n) is 1.32. The molecule has 0 aromatic heterocycles. The second-order valence-corrected chi connectivity index (χ2v) is 3.83. The maximum absolute atomic E-state index is 10.2. The van der Waals surface area contributed by atoms with Gasteiger partial charge in [0.1, 0.15) is 6.04 Å². The zero-order valence-corrected chi connectivity index (χ0v) is 12.6. The third-order valence-corrected chi connectivity index (χ3v) is 1.32. The van der Waals surface area contributed by atoms with E-state index in [0.717, 1.165) is 0 Å². The normalized spacial score (nSPS) is 11.3. The summed E-state index contributed by atoms with van der Waals surface area (Å²) in [5.41, 5.74) is 10.2. The number of rotatable bonds is 5. The van der Waals surface area contributed by atoms with Crippen molar-refractivity contribution in [1.29, 1.82) is 5.41 Å². The van der Waals surface area contributed by atoms with Crippen LogP contribution in [-0.4, -0.2) is 72.3 Å². The van der Waals surface area contributed by atoms with Crippen molar-refractivity contribution in [1.82, 2.24) is 5.32 Å². The Hall–Kier alpha value is 0.0697. The average molecular weight is 310 g/mol. The molecule has 1 unspecified atom stereocenters. The molecule has 0 rings (SSSR count). The second-order valence-electron chi connectivity index (χ2n) is 2.90. The molecule has 0 amide bonds. The van der Waals surface area contributed by atoms with Gasteiger partial charge in [-0.1, -0.05) is 0 Å². The van der Waals surface area contributed by atoms with Crippen LogP contribution in [0, 0.1) is 5.41 Å². The van der Waals surface area contributed by atoms with Gasteiger partial charge in [0, 0.05) is 6.54 Å². The fourth-order valence-electron chi connectivity index (χ4n) is 0.669. The topological polar surface area (TPSA) is 209 Å². The van der Waals surface area contributed by atoms with E-state index in [2.05, 4.69) is 5.32 Å².